The molecule has 0 aliphatic carbocycles. The summed E-state index contributed by atoms with van der Waals surface area (Å²) in [4.78, 5) is 16.2. The number of nitriles is 1. The van der Waals surface area contributed by atoms with Gasteiger partial charge in [-0.2, -0.15) is 5.26 Å². The van der Waals surface area contributed by atoms with Crippen LogP contribution in [0.25, 0.3) is 33.4 Å². The number of methoxy groups -OCH3 is 1. The lowest BCUT2D eigenvalue weighted by molar-refractivity contribution is 0.419. The zero-order valence-electron chi connectivity index (χ0n) is 16.5. The minimum Gasteiger partial charge on any atom is -0.494 e. The Morgan fingerprint density at radius 3 is 2.47 bits per heavy atom. The highest BCUT2D eigenvalue weighted by Gasteiger charge is 2.22. The fourth-order valence-corrected chi connectivity index (χ4v) is 3.64. The Labute approximate surface area is 174 Å². The molecule has 0 unspecified atom stereocenters. The SMILES string of the molecule is COc1cc(-c2ccc(C#N)cc2)cc2c(N3CCC3)nc(-c3cccnc3)nc12. The van der Waals surface area contributed by atoms with Gasteiger partial charge in [0, 0.05) is 36.4 Å². The van der Waals surface area contributed by atoms with Gasteiger partial charge >= 0.3 is 0 Å². The Morgan fingerprint density at radius 2 is 1.83 bits per heavy atom. The van der Waals surface area contributed by atoms with Crippen molar-refractivity contribution in [3.05, 3.63) is 66.5 Å². The first kappa shape index (κ1) is 18.1. The van der Waals surface area contributed by atoms with Crippen LogP contribution in [0.4, 0.5) is 5.82 Å². The van der Waals surface area contributed by atoms with Crippen molar-refractivity contribution in [1.29, 1.82) is 5.26 Å². The van der Waals surface area contributed by atoms with Gasteiger partial charge in [0.1, 0.15) is 17.1 Å². The molecule has 30 heavy (non-hydrogen) atoms. The molecule has 2 aromatic heterocycles. The Hall–Kier alpha value is -3.98. The second-order valence-corrected chi connectivity index (χ2v) is 7.22. The molecule has 1 fully saturated rings. The molecule has 0 radical (unpaired) electrons. The van der Waals surface area contributed by atoms with E-state index in [0.717, 1.165) is 52.9 Å². The van der Waals surface area contributed by atoms with Crippen molar-refractivity contribution >= 4 is 16.7 Å². The molecule has 0 amide bonds. The lowest BCUT2D eigenvalue weighted by atomic mass is 10.0. The van der Waals surface area contributed by atoms with E-state index in [0.29, 0.717) is 17.1 Å². The van der Waals surface area contributed by atoms with Crippen molar-refractivity contribution in [3.63, 3.8) is 0 Å². The van der Waals surface area contributed by atoms with Gasteiger partial charge in [-0.3, -0.25) is 4.98 Å². The first-order valence-corrected chi connectivity index (χ1v) is 9.82. The van der Waals surface area contributed by atoms with Crippen LogP contribution in [-0.4, -0.2) is 35.2 Å². The summed E-state index contributed by atoms with van der Waals surface area (Å²) >= 11 is 0. The highest BCUT2D eigenvalue weighted by atomic mass is 16.5. The van der Waals surface area contributed by atoms with Gasteiger partial charge in [0.25, 0.3) is 0 Å². The largest absolute Gasteiger partial charge is 0.494 e. The second kappa shape index (κ2) is 7.45. The standard InChI is InChI=1S/C24H19N5O/c1-30-21-13-19(17-7-5-16(14-25)6-8-17)12-20-22(21)27-23(18-4-2-9-26-15-18)28-24(20)29-10-3-11-29/h2,4-9,12-13,15H,3,10-11H2,1H3. The van der Waals surface area contributed by atoms with E-state index in [4.69, 9.17) is 20.0 Å². The maximum absolute atomic E-state index is 9.08. The van der Waals surface area contributed by atoms with Crippen LogP contribution in [0.3, 0.4) is 0 Å². The van der Waals surface area contributed by atoms with E-state index < -0.39 is 0 Å². The number of aromatic nitrogens is 3. The average molecular weight is 393 g/mol. The summed E-state index contributed by atoms with van der Waals surface area (Å²) in [6.07, 6.45) is 4.67. The number of pyridine rings is 1. The van der Waals surface area contributed by atoms with Crippen LogP contribution < -0.4 is 9.64 Å². The summed E-state index contributed by atoms with van der Waals surface area (Å²) < 4.78 is 5.74. The smallest absolute Gasteiger partial charge is 0.163 e. The summed E-state index contributed by atoms with van der Waals surface area (Å²) in [6.45, 7) is 1.95. The molecule has 2 aromatic carbocycles. The molecule has 1 aliphatic rings. The summed E-state index contributed by atoms with van der Waals surface area (Å²) in [6, 6.07) is 17.7. The summed E-state index contributed by atoms with van der Waals surface area (Å²) in [7, 11) is 1.66. The van der Waals surface area contributed by atoms with Crippen LogP contribution in [0.2, 0.25) is 0 Å². The van der Waals surface area contributed by atoms with Crippen LogP contribution in [0.15, 0.2) is 60.9 Å². The average Bonchev–Trinajstić information content (AvgIpc) is 2.78. The van der Waals surface area contributed by atoms with Gasteiger partial charge < -0.3 is 9.64 Å². The predicted octanol–water partition coefficient (Wildman–Crippen LogP) is 4.45. The second-order valence-electron chi connectivity index (χ2n) is 7.22. The minimum atomic E-state index is 0.636. The Balaban J connectivity index is 1.74. The molecule has 6 nitrogen and oxygen atoms in total. The Morgan fingerprint density at radius 1 is 1.00 bits per heavy atom. The monoisotopic (exact) mass is 393 g/mol. The first-order valence-electron chi connectivity index (χ1n) is 9.82. The number of nitrogens with zero attached hydrogens (tertiary/aromatic N) is 5. The van der Waals surface area contributed by atoms with E-state index in [1.807, 2.05) is 42.5 Å². The molecule has 0 atom stereocenters. The molecule has 1 aliphatic heterocycles. The number of fused-ring (bicyclic) bond motifs is 1. The third-order valence-electron chi connectivity index (χ3n) is 5.39. The van der Waals surface area contributed by atoms with Gasteiger partial charge in [0.05, 0.1) is 18.7 Å². The minimum absolute atomic E-state index is 0.636. The molecule has 6 heteroatoms. The van der Waals surface area contributed by atoms with Gasteiger partial charge in [-0.25, -0.2) is 9.97 Å². The molecule has 146 valence electrons. The van der Waals surface area contributed by atoms with Crippen LogP contribution >= 0.6 is 0 Å². The fourth-order valence-electron chi connectivity index (χ4n) is 3.64. The van der Waals surface area contributed by atoms with E-state index in [1.165, 1.54) is 0 Å². The number of hydrogen-bond acceptors (Lipinski definition) is 6. The molecule has 4 aromatic rings. The van der Waals surface area contributed by atoms with Crippen molar-refractivity contribution in [2.45, 2.75) is 6.42 Å². The van der Waals surface area contributed by atoms with Gasteiger partial charge in [0.2, 0.25) is 0 Å². The van der Waals surface area contributed by atoms with E-state index in [2.05, 4.69) is 22.0 Å². The third-order valence-corrected chi connectivity index (χ3v) is 5.39. The van der Waals surface area contributed by atoms with Gasteiger partial charge in [0.15, 0.2) is 5.82 Å². The molecule has 3 heterocycles. The van der Waals surface area contributed by atoms with Crippen molar-refractivity contribution in [3.8, 4) is 34.3 Å². The first-order chi connectivity index (χ1) is 14.8. The third kappa shape index (κ3) is 3.11. The van der Waals surface area contributed by atoms with Gasteiger partial charge in [-0.15, -0.1) is 0 Å². The quantitative estimate of drug-likeness (QED) is 0.510. The molecular weight excluding hydrogens is 374 g/mol. The summed E-state index contributed by atoms with van der Waals surface area (Å²) in [5, 5.41) is 10.0. The van der Waals surface area contributed by atoms with Crippen LogP contribution in [0.5, 0.6) is 5.75 Å². The van der Waals surface area contributed by atoms with Crippen molar-refractivity contribution in [2.75, 3.05) is 25.1 Å². The lowest BCUT2D eigenvalue weighted by Gasteiger charge is -2.33. The van der Waals surface area contributed by atoms with Crippen molar-refractivity contribution in [2.24, 2.45) is 0 Å². The van der Waals surface area contributed by atoms with Crippen molar-refractivity contribution in [1.82, 2.24) is 15.0 Å². The van der Waals surface area contributed by atoms with E-state index in [-0.39, 0.29) is 0 Å². The highest BCUT2D eigenvalue weighted by Crippen LogP contribution is 2.38. The Kier molecular flexibility index (Phi) is 4.49. The summed E-state index contributed by atoms with van der Waals surface area (Å²) in [5.41, 5.74) is 4.31. The number of ether oxygens (including phenoxy) is 1. The number of anilines is 1. The normalized spacial score (nSPS) is 13.0. The molecular formula is C24H19N5O. The zero-order chi connectivity index (χ0) is 20.5. The van der Waals surface area contributed by atoms with E-state index in [1.54, 1.807) is 19.5 Å². The van der Waals surface area contributed by atoms with Crippen LogP contribution in [0.1, 0.15) is 12.0 Å². The predicted molar refractivity (Wildman–Crippen MR) is 116 cm³/mol. The van der Waals surface area contributed by atoms with Crippen LogP contribution in [-0.2, 0) is 0 Å². The lowest BCUT2D eigenvalue weighted by Crippen LogP contribution is -2.37. The number of hydrogen-bond donors (Lipinski definition) is 0. The van der Waals surface area contributed by atoms with Crippen LogP contribution in [0, 0.1) is 11.3 Å². The van der Waals surface area contributed by atoms with Crippen molar-refractivity contribution < 1.29 is 4.74 Å². The van der Waals surface area contributed by atoms with Gasteiger partial charge in [-0.1, -0.05) is 12.1 Å². The molecule has 5 rings (SSSR count). The highest BCUT2D eigenvalue weighted by molar-refractivity contribution is 5.98. The molecule has 0 saturated carbocycles. The molecule has 0 N–H and O–H groups in total. The fraction of sp³-hybridized carbons (Fsp3) is 0.167. The van der Waals surface area contributed by atoms with E-state index >= 15 is 0 Å². The Bertz CT molecular complexity index is 1260. The molecule has 1 saturated heterocycles. The zero-order valence-corrected chi connectivity index (χ0v) is 16.5. The molecule has 0 spiro atoms. The summed E-state index contributed by atoms with van der Waals surface area (Å²) in [5.74, 6) is 2.25. The maximum atomic E-state index is 9.08. The topological polar surface area (TPSA) is 74.9 Å². The number of rotatable bonds is 4. The number of benzene rings is 2. The van der Waals surface area contributed by atoms with E-state index in [9.17, 15) is 0 Å². The molecule has 0 bridgehead atoms. The van der Waals surface area contributed by atoms with Gasteiger partial charge in [-0.05, 0) is 53.9 Å². The maximum Gasteiger partial charge on any atom is 0.163 e.